The van der Waals surface area contributed by atoms with Crippen LogP contribution >= 0.6 is 0 Å². The van der Waals surface area contributed by atoms with Crippen molar-refractivity contribution < 1.29 is 9.47 Å². The van der Waals surface area contributed by atoms with E-state index in [0.29, 0.717) is 6.61 Å². The Bertz CT molecular complexity index is 1100. The van der Waals surface area contributed by atoms with E-state index in [1.54, 1.807) is 0 Å². The van der Waals surface area contributed by atoms with Gasteiger partial charge in [-0.1, -0.05) is 48.5 Å². The second-order valence-electron chi connectivity index (χ2n) is 6.73. The summed E-state index contributed by atoms with van der Waals surface area (Å²) in [6, 6.07) is 23.0. The number of hydrogen-bond donors (Lipinski definition) is 1. The van der Waals surface area contributed by atoms with E-state index >= 15 is 0 Å². The smallest absolute Gasteiger partial charge is 0.144 e. The number of benzene rings is 3. The zero-order valence-corrected chi connectivity index (χ0v) is 14.6. The van der Waals surface area contributed by atoms with Gasteiger partial charge in [0.25, 0.3) is 0 Å². The molecular weight excluding hydrogens is 324 g/mol. The van der Waals surface area contributed by atoms with Crippen LogP contribution in [0.15, 0.2) is 66.7 Å². The molecule has 0 radical (unpaired) electrons. The first-order valence-electron chi connectivity index (χ1n) is 8.89. The monoisotopic (exact) mass is 344 g/mol. The van der Waals surface area contributed by atoms with Crippen LogP contribution in [0.3, 0.4) is 0 Å². The molecule has 0 saturated carbocycles. The van der Waals surface area contributed by atoms with E-state index in [9.17, 15) is 0 Å². The lowest BCUT2D eigenvalue weighted by Gasteiger charge is -2.27. The number of ether oxygens (including phenoxy) is 2. The Morgan fingerprint density at radius 3 is 2.65 bits per heavy atom. The lowest BCUT2D eigenvalue weighted by molar-refractivity contribution is 0.233. The van der Waals surface area contributed by atoms with Gasteiger partial charge in [0.05, 0.1) is 17.1 Å². The van der Waals surface area contributed by atoms with E-state index in [4.69, 9.17) is 15.2 Å². The summed E-state index contributed by atoms with van der Waals surface area (Å²) in [7, 11) is 0. The standard InChI is InChI=1S/C22H20N2O2/c1-14(23)26-19-11-6-10-17-21(19)16-9-5-12-20-22(16)24(17)18(13-25-20)15-7-3-2-4-8-15/h2-12,14,18H,13,23H2,1H3/t14-,18?/m1/s1. The molecule has 1 aliphatic heterocycles. The zero-order valence-electron chi connectivity index (χ0n) is 14.6. The molecule has 0 aliphatic carbocycles. The molecule has 4 aromatic rings. The Labute approximate surface area is 151 Å². The van der Waals surface area contributed by atoms with Crippen molar-refractivity contribution in [3.63, 3.8) is 0 Å². The minimum Gasteiger partial charge on any atom is -0.489 e. The molecule has 0 fully saturated rings. The van der Waals surface area contributed by atoms with Crippen molar-refractivity contribution in [2.24, 2.45) is 5.73 Å². The molecular formula is C22H20N2O2. The molecule has 2 atom stereocenters. The van der Waals surface area contributed by atoms with Crippen molar-refractivity contribution in [3.8, 4) is 11.5 Å². The molecule has 4 heteroatoms. The maximum Gasteiger partial charge on any atom is 0.144 e. The lowest BCUT2D eigenvalue weighted by Crippen LogP contribution is -2.23. The van der Waals surface area contributed by atoms with Gasteiger partial charge in [0.15, 0.2) is 0 Å². The van der Waals surface area contributed by atoms with Gasteiger partial charge in [0, 0.05) is 10.8 Å². The summed E-state index contributed by atoms with van der Waals surface area (Å²) in [4.78, 5) is 0. The summed E-state index contributed by atoms with van der Waals surface area (Å²) in [6.07, 6.45) is -0.367. The number of nitrogens with zero attached hydrogens (tertiary/aromatic N) is 1. The fourth-order valence-corrected chi connectivity index (χ4v) is 3.99. The zero-order chi connectivity index (χ0) is 17.7. The average Bonchev–Trinajstić information content (AvgIpc) is 3.00. The average molecular weight is 344 g/mol. The Kier molecular flexibility index (Phi) is 3.40. The molecule has 0 amide bonds. The van der Waals surface area contributed by atoms with Gasteiger partial charge in [-0.05, 0) is 30.7 Å². The van der Waals surface area contributed by atoms with Crippen molar-refractivity contribution >= 4 is 21.8 Å². The van der Waals surface area contributed by atoms with E-state index in [0.717, 1.165) is 33.3 Å². The van der Waals surface area contributed by atoms with Gasteiger partial charge in [-0.2, -0.15) is 0 Å². The van der Waals surface area contributed by atoms with Crippen LogP contribution in [0.2, 0.25) is 0 Å². The summed E-state index contributed by atoms with van der Waals surface area (Å²) >= 11 is 0. The van der Waals surface area contributed by atoms with E-state index in [-0.39, 0.29) is 12.3 Å². The normalized spacial score (nSPS) is 17.2. The predicted octanol–water partition coefficient (Wildman–Crippen LogP) is 4.46. The van der Waals surface area contributed by atoms with Gasteiger partial charge in [0.2, 0.25) is 0 Å². The molecule has 4 nitrogen and oxygen atoms in total. The highest BCUT2D eigenvalue weighted by Gasteiger charge is 2.28. The predicted molar refractivity (Wildman–Crippen MR) is 104 cm³/mol. The van der Waals surface area contributed by atoms with Gasteiger partial charge < -0.3 is 14.0 Å². The van der Waals surface area contributed by atoms with Crippen LogP contribution in [0, 0.1) is 0 Å². The first-order chi connectivity index (χ1) is 12.7. The number of para-hydroxylation sites is 1. The number of fused-ring (bicyclic) bond motifs is 3. The highest BCUT2D eigenvalue weighted by molar-refractivity contribution is 6.13. The first-order valence-corrected chi connectivity index (χ1v) is 8.89. The van der Waals surface area contributed by atoms with E-state index in [1.165, 1.54) is 5.56 Å². The van der Waals surface area contributed by atoms with Gasteiger partial charge >= 0.3 is 0 Å². The van der Waals surface area contributed by atoms with Crippen LogP contribution in [0.25, 0.3) is 21.8 Å². The third-order valence-corrected chi connectivity index (χ3v) is 4.98. The maximum atomic E-state index is 6.13. The van der Waals surface area contributed by atoms with Crippen molar-refractivity contribution in [1.29, 1.82) is 0 Å². The third kappa shape index (κ3) is 2.19. The topological polar surface area (TPSA) is 49.4 Å². The van der Waals surface area contributed by atoms with Gasteiger partial charge in [-0.15, -0.1) is 0 Å². The Morgan fingerprint density at radius 1 is 1.04 bits per heavy atom. The highest BCUT2D eigenvalue weighted by atomic mass is 16.5. The van der Waals surface area contributed by atoms with Crippen LogP contribution in [0.5, 0.6) is 11.5 Å². The lowest BCUT2D eigenvalue weighted by atomic mass is 10.1. The van der Waals surface area contributed by atoms with Gasteiger partial charge in [-0.3, -0.25) is 5.73 Å². The fourth-order valence-electron chi connectivity index (χ4n) is 3.99. The van der Waals surface area contributed by atoms with Crippen LogP contribution in [-0.4, -0.2) is 17.4 Å². The van der Waals surface area contributed by atoms with Crippen LogP contribution in [0.1, 0.15) is 18.5 Å². The molecule has 3 aromatic carbocycles. The summed E-state index contributed by atoms with van der Waals surface area (Å²) in [5.41, 5.74) is 9.40. The van der Waals surface area contributed by atoms with E-state index < -0.39 is 0 Å². The largest absolute Gasteiger partial charge is 0.489 e. The molecule has 0 saturated heterocycles. The van der Waals surface area contributed by atoms with Gasteiger partial charge in [0.1, 0.15) is 24.3 Å². The molecule has 1 aromatic heterocycles. The number of aromatic nitrogens is 1. The molecule has 1 unspecified atom stereocenters. The summed E-state index contributed by atoms with van der Waals surface area (Å²) in [6.45, 7) is 2.45. The Hall–Kier alpha value is -2.98. The first kappa shape index (κ1) is 15.3. The molecule has 5 rings (SSSR count). The van der Waals surface area contributed by atoms with Crippen molar-refractivity contribution in [2.75, 3.05) is 6.61 Å². The SMILES string of the molecule is C[C@H](N)Oc1cccc2c1c1cccc3c1n2C(c1ccccc1)CO3. The summed E-state index contributed by atoms with van der Waals surface area (Å²) in [5, 5.41) is 2.22. The highest BCUT2D eigenvalue weighted by Crippen LogP contribution is 2.44. The Balaban J connectivity index is 1.87. The summed E-state index contributed by atoms with van der Waals surface area (Å²) in [5.74, 6) is 1.73. The fraction of sp³-hybridized carbons (Fsp3) is 0.182. The molecule has 2 N–H and O–H groups in total. The summed E-state index contributed by atoms with van der Waals surface area (Å²) < 4.78 is 14.4. The van der Waals surface area contributed by atoms with Gasteiger partial charge in [-0.25, -0.2) is 0 Å². The van der Waals surface area contributed by atoms with E-state index in [1.807, 2.05) is 37.3 Å². The Morgan fingerprint density at radius 2 is 1.85 bits per heavy atom. The van der Waals surface area contributed by atoms with Crippen LogP contribution < -0.4 is 15.2 Å². The number of hydrogen-bond acceptors (Lipinski definition) is 3. The molecule has 1 aliphatic rings. The second kappa shape index (κ2) is 5.78. The molecule has 26 heavy (non-hydrogen) atoms. The van der Waals surface area contributed by atoms with Crippen molar-refractivity contribution in [2.45, 2.75) is 19.2 Å². The molecule has 0 bridgehead atoms. The van der Waals surface area contributed by atoms with Crippen LogP contribution in [0.4, 0.5) is 0 Å². The number of rotatable bonds is 3. The minimum atomic E-state index is -0.367. The van der Waals surface area contributed by atoms with Crippen LogP contribution in [-0.2, 0) is 0 Å². The maximum absolute atomic E-state index is 6.13. The van der Waals surface area contributed by atoms with Crippen molar-refractivity contribution in [3.05, 3.63) is 72.3 Å². The molecule has 2 heterocycles. The van der Waals surface area contributed by atoms with Crippen molar-refractivity contribution in [1.82, 2.24) is 4.57 Å². The quantitative estimate of drug-likeness (QED) is 0.558. The number of nitrogens with two attached hydrogens (primary N) is 1. The second-order valence-corrected chi connectivity index (χ2v) is 6.73. The molecule has 0 spiro atoms. The molecule has 130 valence electrons. The third-order valence-electron chi connectivity index (χ3n) is 4.98. The minimum absolute atomic E-state index is 0.122. The van der Waals surface area contributed by atoms with E-state index in [2.05, 4.69) is 41.0 Å².